The van der Waals surface area contributed by atoms with Crippen molar-refractivity contribution in [3.8, 4) is 5.88 Å². The smallest absolute Gasteiger partial charge is 0.388 e. The predicted molar refractivity (Wildman–Crippen MR) is 121 cm³/mol. The Morgan fingerprint density at radius 1 is 1.09 bits per heavy atom. The van der Waals surface area contributed by atoms with Crippen LogP contribution in [0.3, 0.4) is 0 Å². The summed E-state index contributed by atoms with van der Waals surface area (Å²) in [7, 11) is -3.97. The molecule has 1 aromatic carbocycles. The van der Waals surface area contributed by atoms with Crippen molar-refractivity contribution >= 4 is 20.9 Å². The van der Waals surface area contributed by atoms with Gasteiger partial charge in [0.25, 0.3) is 0 Å². The molecule has 2 heterocycles. The third-order valence-corrected chi connectivity index (χ3v) is 7.84. The van der Waals surface area contributed by atoms with Crippen molar-refractivity contribution < 1.29 is 21.9 Å². The molecule has 4 rings (SSSR count). The number of hydrogen-bond donors (Lipinski definition) is 0. The Hall–Kier alpha value is -2.55. The fourth-order valence-electron chi connectivity index (χ4n) is 4.51. The normalized spacial score (nSPS) is 15.9. The lowest BCUT2D eigenvalue weighted by Crippen LogP contribution is -2.22. The minimum absolute atomic E-state index is 0.0481. The number of fused-ring (bicyclic) bond motifs is 1. The quantitative estimate of drug-likeness (QED) is 0.452. The Morgan fingerprint density at radius 3 is 2.45 bits per heavy atom. The van der Waals surface area contributed by atoms with Crippen molar-refractivity contribution in [1.82, 2.24) is 14.5 Å². The minimum atomic E-state index is -3.97. The molecule has 0 amide bonds. The fourth-order valence-corrected chi connectivity index (χ4v) is 5.79. The molecule has 6 nitrogen and oxygen atoms in total. The van der Waals surface area contributed by atoms with Crippen LogP contribution in [0.5, 0.6) is 5.88 Å². The van der Waals surface area contributed by atoms with E-state index in [1.165, 1.54) is 38.2 Å². The summed E-state index contributed by atoms with van der Waals surface area (Å²) in [4.78, 5) is 8.37. The predicted octanol–water partition coefficient (Wildman–Crippen LogP) is 5.74. The first-order valence-electron chi connectivity index (χ1n) is 11.2. The van der Waals surface area contributed by atoms with Crippen molar-refractivity contribution in [2.75, 3.05) is 0 Å². The molecule has 0 atom stereocenters. The monoisotopic (exact) mass is 477 g/mol. The highest BCUT2D eigenvalue weighted by Gasteiger charge is 2.27. The maximum Gasteiger partial charge on any atom is 0.388 e. The minimum Gasteiger partial charge on any atom is -0.417 e. The zero-order valence-electron chi connectivity index (χ0n) is 19.1. The SMILES string of the molecule is CC(C)(C)c1nc2cc(S(=O)(=O)c3ccnc(OC(F)F)c3)ccc2n1CC1CCCCC1. The van der Waals surface area contributed by atoms with Crippen LogP contribution in [0, 0.1) is 5.92 Å². The Bertz CT molecular complexity index is 1240. The molecule has 0 N–H and O–H groups in total. The number of benzene rings is 1. The van der Waals surface area contributed by atoms with Crippen LogP contribution in [0.1, 0.15) is 58.7 Å². The standard InChI is InChI=1S/C24H29F2N3O3S/c1-24(2,3)22-28-19-13-17(9-10-20(19)29(22)15-16-7-5-4-6-8-16)33(30,31)18-11-12-27-21(14-18)32-23(25)26/h9-14,16,23H,4-8,15H2,1-3H3. The molecule has 0 saturated heterocycles. The lowest BCUT2D eigenvalue weighted by Gasteiger charge is -2.26. The molecule has 2 aromatic heterocycles. The van der Waals surface area contributed by atoms with Crippen molar-refractivity contribution in [3.63, 3.8) is 0 Å². The van der Waals surface area contributed by atoms with Crippen LogP contribution in [0.2, 0.25) is 0 Å². The van der Waals surface area contributed by atoms with Gasteiger partial charge in [0.2, 0.25) is 15.7 Å². The van der Waals surface area contributed by atoms with Gasteiger partial charge in [0.05, 0.1) is 20.8 Å². The van der Waals surface area contributed by atoms with Gasteiger partial charge in [-0.3, -0.25) is 0 Å². The highest BCUT2D eigenvalue weighted by molar-refractivity contribution is 7.91. The molecule has 1 fully saturated rings. The maximum absolute atomic E-state index is 13.2. The van der Waals surface area contributed by atoms with Crippen LogP contribution in [-0.2, 0) is 21.8 Å². The average Bonchev–Trinajstić information content (AvgIpc) is 3.12. The fraction of sp³-hybridized carbons (Fsp3) is 0.500. The molecule has 1 saturated carbocycles. The van der Waals surface area contributed by atoms with Gasteiger partial charge in [0.15, 0.2) is 0 Å². The van der Waals surface area contributed by atoms with E-state index < -0.39 is 22.3 Å². The summed E-state index contributed by atoms with van der Waals surface area (Å²) in [6.45, 7) is 4.09. The van der Waals surface area contributed by atoms with E-state index in [1.54, 1.807) is 18.2 Å². The van der Waals surface area contributed by atoms with E-state index in [1.807, 2.05) is 0 Å². The van der Waals surface area contributed by atoms with Crippen molar-refractivity contribution in [1.29, 1.82) is 0 Å². The number of alkyl halides is 2. The van der Waals surface area contributed by atoms with Gasteiger partial charge >= 0.3 is 6.61 Å². The van der Waals surface area contributed by atoms with E-state index in [-0.39, 0.29) is 15.2 Å². The summed E-state index contributed by atoms with van der Waals surface area (Å²) >= 11 is 0. The molecule has 0 bridgehead atoms. The average molecular weight is 478 g/mol. The summed E-state index contributed by atoms with van der Waals surface area (Å²) in [5.74, 6) is 1.07. The Balaban J connectivity index is 1.75. The van der Waals surface area contributed by atoms with Crippen LogP contribution >= 0.6 is 0 Å². The largest absolute Gasteiger partial charge is 0.417 e. The van der Waals surface area contributed by atoms with Gasteiger partial charge < -0.3 is 9.30 Å². The molecule has 33 heavy (non-hydrogen) atoms. The zero-order chi connectivity index (χ0) is 23.8. The van der Waals surface area contributed by atoms with E-state index >= 15 is 0 Å². The maximum atomic E-state index is 13.2. The summed E-state index contributed by atoms with van der Waals surface area (Å²) in [5.41, 5.74) is 1.30. The Morgan fingerprint density at radius 2 is 1.79 bits per heavy atom. The molecule has 178 valence electrons. The number of rotatable bonds is 6. The number of sulfone groups is 1. The third kappa shape index (κ3) is 5.03. The first-order chi connectivity index (χ1) is 15.6. The van der Waals surface area contributed by atoms with Crippen LogP contribution in [0.4, 0.5) is 8.78 Å². The van der Waals surface area contributed by atoms with E-state index in [2.05, 4.69) is 35.1 Å². The van der Waals surface area contributed by atoms with Gasteiger partial charge in [-0.1, -0.05) is 40.0 Å². The van der Waals surface area contributed by atoms with Gasteiger partial charge in [-0.05, 0) is 43.0 Å². The second-order valence-electron chi connectivity index (χ2n) is 9.66. The molecule has 1 aliphatic rings. The molecule has 0 unspecified atom stereocenters. The molecule has 0 spiro atoms. The molecular weight excluding hydrogens is 448 g/mol. The number of pyridine rings is 1. The summed E-state index contributed by atoms with van der Waals surface area (Å²) in [6.07, 6.45) is 7.30. The van der Waals surface area contributed by atoms with E-state index in [9.17, 15) is 17.2 Å². The molecule has 3 aromatic rings. The molecule has 9 heteroatoms. The first kappa shape index (κ1) is 23.6. The summed E-state index contributed by atoms with van der Waals surface area (Å²) in [5, 5.41) is 0. The molecule has 0 aliphatic heterocycles. The van der Waals surface area contributed by atoms with Gasteiger partial charge in [-0.2, -0.15) is 8.78 Å². The van der Waals surface area contributed by atoms with Gasteiger partial charge in [-0.25, -0.2) is 18.4 Å². The number of hydrogen-bond acceptors (Lipinski definition) is 5. The van der Waals surface area contributed by atoms with E-state index in [4.69, 9.17) is 4.98 Å². The molecular formula is C24H29F2N3O3S. The van der Waals surface area contributed by atoms with E-state index in [0.717, 1.165) is 30.1 Å². The van der Waals surface area contributed by atoms with Crippen LogP contribution in [-0.4, -0.2) is 29.6 Å². The number of aromatic nitrogens is 3. The second-order valence-corrected chi connectivity index (χ2v) is 11.6. The lowest BCUT2D eigenvalue weighted by atomic mass is 9.88. The highest BCUT2D eigenvalue weighted by Crippen LogP contribution is 2.33. The first-order valence-corrected chi connectivity index (χ1v) is 12.7. The van der Waals surface area contributed by atoms with Crippen molar-refractivity contribution in [2.24, 2.45) is 5.92 Å². The second kappa shape index (κ2) is 9.00. The van der Waals surface area contributed by atoms with Crippen molar-refractivity contribution in [2.45, 2.75) is 81.2 Å². The van der Waals surface area contributed by atoms with Crippen molar-refractivity contribution in [3.05, 3.63) is 42.4 Å². The lowest BCUT2D eigenvalue weighted by molar-refractivity contribution is -0.0530. The summed E-state index contributed by atoms with van der Waals surface area (Å²) < 4.78 is 58.0. The van der Waals surface area contributed by atoms with E-state index in [0.29, 0.717) is 11.4 Å². The van der Waals surface area contributed by atoms with Gasteiger partial charge in [0, 0.05) is 24.2 Å². The van der Waals surface area contributed by atoms with Crippen LogP contribution in [0.15, 0.2) is 46.3 Å². The number of halogens is 2. The molecule has 0 radical (unpaired) electrons. The topological polar surface area (TPSA) is 74.1 Å². The van der Waals surface area contributed by atoms with Gasteiger partial charge in [0.1, 0.15) is 5.82 Å². The Labute approximate surface area is 192 Å². The number of imidazole rings is 1. The zero-order valence-corrected chi connectivity index (χ0v) is 19.9. The summed E-state index contributed by atoms with van der Waals surface area (Å²) in [6, 6.07) is 7.18. The van der Waals surface area contributed by atoms with Crippen LogP contribution < -0.4 is 4.74 Å². The number of ether oxygens (including phenoxy) is 1. The van der Waals surface area contributed by atoms with Gasteiger partial charge in [-0.15, -0.1) is 0 Å². The Kier molecular flexibility index (Phi) is 6.44. The molecule has 1 aliphatic carbocycles. The third-order valence-electron chi connectivity index (χ3n) is 6.09. The van der Waals surface area contributed by atoms with Crippen LogP contribution in [0.25, 0.3) is 11.0 Å². The highest BCUT2D eigenvalue weighted by atomic mass is 32.2. The number of nitrogens with zero attached hydrogens (tertiary/aromatic N) is 3.